The van der Waals surface area contributed by atoms with E-state index in [-0.39, 0.29) is 16.2 Å². The molecule has 0 fully saturated rings. The summed E-state index contributed by atoms with van der Waals surface area (Å²) in [6.07, 6.45) is 2.45. The van der Waals surface area contributed by atoms with E-state index < -0.39 is 22.6 Å². The van der Waals surface area contributed by atoms with Crippen LogP contribution in [0.15, 0.2) is 46.0 Å². The Morgan fingerprint density at radius 1 is 1.35 bits per heavy atom. The smallest absolute Gasteiger partial charge is 0.336 e. The number of rotatable bonds is 4. The first-order valence-corrected chi connectivity index (χ1v) is 7.59. The molecule has 0 spiro atoms. The van der Waals surface area contributed by atoms with Crippen molar-refractivity contribution in [2.24, 2.45) is 0 Å². The molecule has 2 rings (SSSR count). The van der Waals surface area contributed by atoms with E-state index in [0.717, 1.165) is 6.20 Å². The van der Waals surface area contributed by atoms with Crippen LogP contribution in [0.5, 0.6) is 0 Å². The van der Waals surface area contributed by atoms with E-state index in [4.69, 9.17) is 5.11 Å². The van der Waals surface area contributed by atoms with Crippen LogP contribution in [0.2, 0.25) is 0 Å². The third kappa shape index (κ3) is 3.49. The molecule has 1 N–H and O–H groups in total. The Labute approximate surface area is 125 Å². The number of carboxylic acid groups (broad SMARTS) is 1. The van der Waals surface area contributed by atoms with Gasteiger partial charge in [-0.1, -0.05) is 15.9 Å². The van der Waals surface area contributed by atoms with Gasteiger partial charge in [0.15, 0.2) is 0 Å². The van der Waals surface area contributed by atoms with Crippen molar-refractivity contribution < 1.29 is 18.5 Å². The van der Waals surface area contributed by atoms with Crippen molar-refractivity contribution >= 4 is 32.7 Å². The Hall–Kier alpha value is -1.60. The van der Waals surface area contributed by atoms with E-state index in [1.165, 1.54) is 24.4 Å². The highest BCUT2D eigenvalue weighted by atomic mass is 79.9. The van der Waals surface area contributed by atoms with E-state index >= 15 is 0 Å². The molecule has 1 aromatic carbocycles. The second kappa shape index (κ2) is 6.23. The molecule has 0 saturated carbocycles. The van der Waals surface area contributed by atoms with Crippen LogP contribution in [0, 0.1) is 5.82 Å². The van der Waals surface area contributed by atoms with Gasteiger partial charge in [-0.25, -0.2) is 9.18 Å². The summed E-state index contributed by atoms with van der Waals surface area (Å²) < 4.78 is 25.9. The lowest BCUT2D eigenvalue weighted by Gasteiger charge is -2.07. The predicted octanol–water partition coefficient (Wildman–Crippen LogP) is 2.99. The molecular weight excluding hydrogens is 349 g/mol. The Morgan fingerprint density at radius 3 is 2.75 bits per heavy atom. The third-order valence-corrected chi connectivity index (χ3v) is 4.40. The predicted molar refractivity (Wildman–Crippen MR) is 75.4 cm³/mol. The van der Waals surface area contributed by atoms with Crippen LogP contribution in [0.25, 0.3) is 0 Å². The Kier molecular flexibility index (Phi) is 4.61. The minimum atomic E-state index is -1.60. The molecule has 0 aliphatic heterocycles. The van der Waals surface area contributed by atoms with Crippen molar-refractivity contribution in [1.82, 2.24) is 4.98 Å². The number of halogens is 2. The first kappa shape index (κ1) is 14.8. The molecule has 4 nitrogen and oxygen atoms in total. The highest BCUT2D eigenvalue weighted by Crippen LogP contribution is 2.22. The summed E-state index contributed by atoms with van der Waals surface area (Å²) in [6, 6.07) is 5.66. The number of nitrogens with zero attached hydrogens (tertiary/aromatic N) is 1. The van der Waals surface area contributed by atoms with Gasteiger partial charge in [-0.3, -0.25) is 9.19 Å². The van der Waals surface area contributed by atoms with Gasteiger partial charge in [-0.2, -0.15) is 0 Å². The van der Waals surface area contributed by atoms with Crippen molar-refractivity contribution in [3.63, 3.8) is 0 Å². The topological polar surface area (TPSA) is 67.3 Å². The van der Waals surface area contributed by atoms with Crippen LogP contribution in [0.1, 0.15) is 15.9 Å². The molecular formula is C13H9BrFNO3S. The average molecular weight is 358 g/mol. The number of benzene rings is 1. The normalized spacial score (nSPS) is 12.1. The first-order chi connectivity index (χ1) is 9.47. The second-order valence-corrected chi connectivity index (χ2v) is 6.28. The van der Waals surface area contributed by atoms with Crippen LogP contribution in [-0.4, -0.2) is 20.3 Å². The lowest BCUT2D eigenvalue weighted by atomic mass is 10.2. The summed E-state index contributed by atoms with van der Waals surface area (Å²) in [7, 11) is -1.60. The SMILES string of the molecule is O=C(O)c1ccc(Br)cc1S(=O)Cc1cncc(F)c1. The number of pyridine rings is 1. The van der Waals surface area contributed by atoms with Crippen LogP contribution in [-0.2, 0) is 16.6 Å². The summed E-state index contributed by atoms with van der Waals surface area (Å²) in [5.41, 5.74) is 0.413. The lowest BCUT2D eigenvalue weighted by Crippen LogP contribution is -2.06. The number of aromatic carboxylic acids is 1. The molecule has 0 aliphatic carbocycles. The zero-order valence-corrected chi connectivity index (χ0v) is 12.4. The van der Waals surface area contributed by atoms with Gasteiger partial charge in [-0.05, 0) is 29.8 Å². The van der Waals surface area contributed by atoms with E-state index in [1.807, 2.05) is 0 Å². The number of carboxylic acids is 1. The largest absolute Gasteiger partial charge is 0.478 e. The fraction of sp³-hybridized carbons (Fsp3) is 0.0769. The van der Waals surface area contributed by atoms with Crippen LogP contribution >= 0.6 is 15.9 Å². The standard InChI is InChI=1S/C13H9BrFNO3S/c14-9-1-2-11(13(17)18)12(4-9)20(19)7-8-3-10(15)6-16-5-8/h1-6H,7H2,(H,17,18). The third-order valence-electron chi connectivity index (χ3n) is 2.48. The number of carbonyl (C=O) groups is 1. The molecule has 0 aliphatic rings. The monoisotopic (exact) mass is 357 g/mol. The van der Waals surface area contributed by atoms with Gasteiger partial charge < -0.3 is 5.11 Å². The second-order valence-electron chi connectivity index (χ2n) is 3.95. The Bertz CT molecular complexity index is 693. The van der Waals surface area contributed by atoms with Gasteiger partial charge in [0.2, 0.25) is 0 Å². The van der Waals surface area contributed by atoms with Gasteiger partial charge in [0.25, 0.3) is 0 Å². The first-order valence-electron chi connectivity index (χ1n) is 5.48. The molecule has 0 bridgehead atoms. The minimum Gasteiger partial charge on any atom is -0.478 e. The van der Waals surface area contributed by atoms with E-state index in [1.54, 1.807) is 6.07 Å². The van der Waals surface area contributed by atoms with E-state index in [9.17, 15) is 13.4 Å². The maximum Gasteiger partial charge on any atom is 0.336 e. The van der Waals surface area contributed by atoms with Gasteiger partial charge in [0, 0.05) is 10.7 Å². The number of hydrogen-bond donors (Lipinski definition) is 1. The van der Waals surface area contributed by atoms with Crippen molar-refractivity contribution in [3.05, 3.63) is 58.1 Å². The molecule has 7 heteroatoms. The molecule has 0 radical (unpaired) electrons. The highest BCUT2D eigenvalue weighted by molar-refractivity contribution is 9.10. The molecule has 0 saturated heterocycles. The molecule has 1 unspecified atom stereocenters. The van der Waals surface area contributed by atoms with Gasteiger partial charge >= 0.3 is 5.97 Å². The van der Waals surface area contributed by atoms with Crippen molar-refractivity contribution in [1.29, 1.82) is 0 Å². The molecule has 104 valence electrons. The Balaban J connectivity index is 2.34. The minimum absolute atomic E-state index is 0.00148. The van der Waals surface area contributed by atoms with Gasteiger partial charge in [0.1, 0.15) is 5.82 Å². The van der Waals surface area contributed by atoms with Crippen LogP contribution in [0.4, 0.5) is 4.39 Å². The average Bonchev–Trinajstić information content (AvgIpc) is 2.38. The molecule has 1 aromatic heterocycles. The zero-order chi connectivity index (χ0) is 14.7. The molecule has 1 atom stereocenters. The van der Waals surface area contributed by atoms with Gasteiger partial charge in [-0.15, -0.1) is 0 Å². The summed E-state index contributed by atoms with van der Waals surface area (Å²) in [4.78, 5) is 15.0. The zero-order valence-electron chi connectivity index (χ0n) is 10.0. The lowest BCUT2D eigenvalue weighted by molar-refractivity contribution is 0.0693. The molecule has 1 heterocycles. The highest BCUT2D eigenvalue weighted by Gasteiger charge is 2.16. The fourth-order valence-electron chi connectivity index (χ4n) is 1.63. The summed E-state index contributed by atoms with van der Waals surface area (Å²) >= 11 is 3.21. The quantitative estimate of drug-likeness (QED) is 0.913. The van der Waals surface area contributed by atoms with E-state index in [2.05, 4.69) is 20.9 Å². The fourth-order valence-corrected chi connectivity index (χ4v) is 3.41. The summed E-state index contributed by atoms with van der Waals surface area (Å²) in [6.45, 7) is 0. The molecule has 20 heavy (non-hydrogen) atoms. The number of hydrogen-bond acceptors (Lipinski definition) is 3. The molecule has 0 amide bonds. The van der Waals surface area contributed by atoms with Gasteiger partial charge in [0.05, 0.1) is 33.2 Å². The van der Waals surface area contributed by atoms with Crippen molar-refractivity contribution in [2.75, 3.05) is 0 Å². The van der Waals surface area contributed by atoms with Crippen molar-refractivity contribution in [3.8, 4) is 0 Å². The summed E-state index contributed by atoms with van der Waals surface area (Å²) in [5.74, 6) is -1.67. The van der Waals surface area contributed by atoms with Crippen molar-refractivity contribution in [2.45, 2.75) is 10.6 Å². The number of aromatic nitrogens is 1. The Morgan fingerprint density at radius 2 is 2.10 bits per heavy atom. The molecule has 2 aromatic rings. The maximum absolute atomic E-state index is 13.0. The summed E-state index contributed by atoms with van der Waals surface area (Å²) in [5, 5.41) is 9.09. The van der Waals surface area contributed by atoms with Crippen LogP contribution < -0.4 is 0 Å². The van der Waals surface area contributed by atoms with Crippen LogP contribution in [0.3, 0.4) is 0 Å². The maximum atomic E-state index is 13.0. The van der Waals surface area contributed by atoms with E-state index in [0.29, 0.717) is 10.0 Å².